The molecule has 0 aliphatic carbocycles. The number of unbranched alkanes of at least 4 members (excludes halogenated alkanes) is 6. The Labute approximate surface area is 155 Å². The fourth-order valence-corrected chi connectivity index (χ4v) is 2.53. The summed E-state index contributed by atoms with van der Waals surface area (Å²) in [4.78, 5) is 46.5. The van der Waals surface area contributed by atoms with Crippen molar-refractivity contribution in [2.45, 2.75) is 64.2 Å². The molecule has 0 aromatic rings. The normalized spacial score (nSPS) is 10.2. The molecule has 0 aromatic carbocycles. The Morgan fingerprint density at radius 1 is 0.692 bits per heavy atom. The molecule has 0 heterocycles. The summed E-state index contributed by atoms with van der Waals surface area (Å²) in [5, 5.41) is 0. The zero-order valence-corrected chi connectivity index (χ0v) is 16.0. The predicted molar refractivity (Wildman–Crippen MR) is 96.0 cm³/mol. The van der Waals surface area contributed by atoms with Crippen molar-refractivity contribution < 1.29 is 28.7 Å². The third-order valence-corrected chi connectivity index (χ3v) is 4.07. The largest absolute Gasteiger partial charge is 0.469 e. The molecule has 0 aromatic heterocycles. The summed E-state index contributed by atoms with van der Waals surface area (Å²) in [6.45, 7) is 0.949. The number of esters is 2. The highest BCUT2D eigenvalue weighted by molar-refractivity contribution is 6.34. The Balaban J connectivity index is 3.99. The Bertz CT molecular complexity index is 425. The molecular formula is C18H32N2O6. The van der Waals surface area contributed by atoms with Crippen LogP contribution in [0.1, 0.15) is 64.2 Å². The van der Waals surface area contributed by atoms with E-state index in [9.17, 15) is 19.2 Å². The fraction of sp³-hybridized carbons (Fsp3) is 0.778. The lowest BCUT2D eigenvalue weighted by Crippen LogP contribution is -2.41. The Morgan fingerprint density at radius 2 is 1.08 bits per heavy atom. The highest BCUT2D eigenvalue weighted by atomic mass is 16.5. The number of ether oxygens (including phenoxy) is 2. The molecule has 0 radical (unpaired) electrons. The highest BCUT2D eigenvalue weighted by Crippen LogP contribution is 2.08. The maximum absolute atomic E-state index is 11.9. The average molecular weight is 372 g/mol. The Hall–Kier alpha value is -2.12. The molecule has 0 aliphatic heterocycles. The van der Waals surface area contributed by atoms with E-state index < -0.39 is 11.8 Å². The van der Waals surface area contributed by atoms with Gasteiger partial charge < -0.3 is 20.1 Å². The van der Waals surface area contributed by atoms with Gasteiger partial charge in [-0.15, -0.1) is 0 Å². The van der Waals surface area contributed by atoms with Crippen LogP contribution in [0.25, 0.3) is 0 Å². The number of nitrogens with two attached hydrogens (primary N) is 1. The molecule has 0 saturated carbocycles. The topological polar surface area (TPSA) is 116 Å². The van der Waals surface area contributed by atoms with Crippen molar-refractivity contribution in [3.8, 4) is 0 Å². The number of hydrogen-bond donors (Lipinski definition) is 1. The second-order valence-corrected chi connectivity index (χ2v) is 6.14. The van der Waals surface area contributed by atoms with Gasteiger partial charge in [-0.25, -0.2) is 0 Å². The van der Waals surface area contributed by atoms with E-state index in [0.717, 1.165) is 51.4 Å². The van der Waals surface area contributed by atoms with Crippen LogP contribution in [0, 0.1) is 0 Å². The van der Waals surface area contributed by atoms with Gasteiger partial charge in [0, 0.05) is 25.9 Å². The number of amides is 2. The van der Waals surface area contributed by atoms with Crippen LogP contribution in [0.4, 0.5) is 0 Å². The molecule has 0 fully saturated rings. The fourth-order valence-electron chi connectivity index (χ4n) is 2.53. The summed E-state index contributed by atoms with van der Waals surface area (Å²) < 4.78 is 9.15. The minimum atomic E-state index is -0.943. The summed E-state index contributed by atoms with van der Waals surface area (Å²) in [5.74, 6) is -2.04. The number of carbonyl (C=O) groups is 4. The van der Waals surface area contributed by atoms with Crippen molar-refractivity contribution in [2.75, 3.05) is 27.3 Å². The smallest absolute Gasteiger partial charge is 0.311 e. The van der Waals surface area contributed by atoms with Gasteiger partial charge >= 0.3 is 23.8 Å². The zero-order valence-electron chi connectivity index (χ0n) is 16.0. The van der Waals surface area contributed by atoms with Gasteiger partial charge in [0.1, 0.15) is 0 Å². The van der Waals surface area contributed by atoms with E-state index in [4.69, 9.17) is 5.73 Å². The summed E-state index contributed by atoms with van der Waals surface area (Å²) in [7, 11) is 2.73. The SMILES string of the molecule is COC(=O)CCCCCCN(CCCCCCC(=O)OC)C(=O)C(N)=O. The van der Waals surface area contributed by atoms with E-state index in [-0.39, 0.29) is 11.9 Å². The van der Waals surface area contributed by atoms with Gasteiger partial charge in [0.15, 0.2) is 0 Å². The molecule has 2 amide bonds. The summed E-state index contributed by atoms with van der Waals surface area (Å²) in [6, 6.07) is 0. The summed E-state index contributed by atoms with van der Waals surface area (Å²) >= 11 is 0. The van der Waals surface area contributed by atoms with Crippen LogP contribution in [-0.2, 0) is 28.7 Å². The van der Waals surface area contributed by atoms with Crippen LogP contribution in [0.5, 0.6) is 0 Å². The van der Waals surface area contributed by atoms with Crippen molar-refractivity contribution in [3.05, 3.63) is 0 Å². The number of carbonyl (C=O) groups excluding carboxylic acids is 4. The van der Waals surface area contributed by atoms with Crippen LogP contribution < -0.4 is 5.73 Å². The van der Waals surface area contributed by atoms with Crippen molar-refractivity contribution in [2.24, 2.45) is 5.73 Å². The molecule has 8 heteroatoms. The predicted octanol–water partition coefficient (Wildman–Crippen LogP) is 1.55. The summed E-state index contributed by atoms with van der Waals surface area (Å²) in [5.41, 5.74) is 5.11. The first-order chi connectivity index (χ1) is 12.4. The van der Waals surface area contributed by atoms with Crippen LogP contribution in [0.15, 0.2) is 0 Å². The molecule has 0 unspecified atom stereocenters. The molecule has 0 bridgehead atoms. The molecule has 0 rings (SSSR count). The third kappa shape index (κ3) is 12.3. The second-order valence-electron chi connectivity index (χ2n) is 6.14. The molecule has 0 saturated heterocycles. The Kier molecular flexibility index (Phi) is 13.9. The first kappa shape index (κ1) is 23.9. The van der Waals surface area contributed by atoms with Crippen LogP contribution in [-0.4, -0.2) is 56.0 Å². The average Bonchev–Trinajstić information content (AvgIpc) is 2.63. The van der Waals surface area contributed by atoms with Gasteiger partial charge in [0.2, 0.25) is 0 Å². The third-order valence-electron chi connectivity index (χ3n) is 4.07. The van der Waals surface area contributed by atoms with Gasteiger partial charge in [0.05, 0.1) is 14.2 Å². The van der Waals surface area contributed by atoms with Crippen molar-refractivity contribution in [3.63, 3.8) is 0 Å². The monoisotopic (exact) mass is 372 g/mol. The highest BCUT2D eigenvalue weighted by Gasteiger charge is 2.18. The molecule has 0 spiro atoms. The molecule has 0 aliphatic rings. The van der Waals surface area contributed by atoms with E-state index in [1.807, 2.05) is 0 Å². The van der Waals surface area contributed by atoms with E-state index in [0.29, 0.717) is 25.9 Å². The van der Waals surface area contributed by atoms with Crippen LogP contribution >= 0.6 is 0 Å². The van der Waals surface area contributed by atoms with Gasteiger partial charge in [-0.2, -0.15) is 0 Å². The molecular weight excluding hydrogens is 340 g/mol. The van der Waals surface area contributed by atoms with E-state index in [1.165, 1.54) is 19.1 Å². The van der Waals surface area contributed by atoms with Gasteiger partial charge in [-0.1, -0.05) is 25.7 Å². The van der Waals surface area contributed by atoms with Crippen molar-refractivity contribution >= 4 is 23.8 Å². The second kappa shape index (κ2) is 15.2. The maximum Gasteiger partial charge on any atom is 0.311 e. The van der Waals surface area contributed by atoms with E-state index in [2.05, 4.69) is 9.47 Å². The number of methoxy groups -OCH3 is 2. The van der Waals surface area contributed by atoms with Crippen molar-refractivity contribution in [1.82, 2.24) is 4.90 Å². The molecule has 2 N–H and O–H groups in total. The molecule has 8 nitrogen and oxygen atoms in total. The van der Waals surface area contributed by atoms with Crippen LogP contribution in [0.2, 0.25) is 0 Å². The Morgan fingerprint density at radius 3 is 1.42 bits per heavy atom. The lowest BCUT2D eigenvalue weighted by molar-refractivity contribution is -0.144. The lowest BCUT2D eigenvalue weighted by Gasteiger charge is -2.21. The quantitative estimate of drug-likeness (QED) is 0.281. The zero-order chi connectivity index (χ0) is 19.8. The number of nitrogens with zero attached hydrogens (tertiary/aromatic N) is 1. The number of hydrogen-bond acceptors (Lipinski definition) is 6. The molecule has 26 heavy (non-hydrogen) atoms. The van der Waals surface area contributed by atoms with Gasteiger partial charge in [0.25, 0.3) is 0 Å². The van der Waals surface area contributed by atoms with E-state index in [1.54, 1.807) is 0 Å². The minimum absolute atomic E-state index is 0.220. The number of rotatable bonds is 14. The first-order valence-electron chi connectivity index (χ1n) is 9.14. The minimum Gasteiger partial charge on any atom is -0.469 e. The van der Waals surface area contributed by atoms with Crippen LogP contribution in [0.3, 0.4) is 0 Å². The number of primary amides is 1. The summed E-state index contributed by atoms with van der Waals surface area (Å²) in [6.07, 6.45) is 7.23. The van der Waals surface area contributed by atoms with Crippen molar-refractivity contribution in [1.29, 1.82) is 0 Å². The van der Waals surface area contributed by atoms with Gasteiger partial charge in [-0.05, 0) is 25.7 Å². The molecule has 0 atom stereocenters. The van der Waals surface area contributed by atoms with E-state index >= 15 is 0 Å². The molecule has 150 valence electrons. The maximum atomic E-state index is 11.9. The standard InChI is InChI=1S/C18H32N2O6/c1-25-15(21)11-7-3-5-9-13-20(18(24)17(19)23)14-10-6-4-8-12-16(22)26-2/h3-14H2,1-2H3,(H2,19,23). The first-order valence-corrected chi connectivity index (χ1v) is 9.14. The van der Waals surface area contributed by atoms with Gasteiger partial charge in [-0.3, -0.25) is 19.2 Å². The lowest BCUT2D eigenvalue weighted by atomic mass is 10.1.